The van der Waals surface area contributed by atoms with E-state index in [2.05, 4.69) is 23.9 Å². The van der Waals surface area contributed by atoms with Gasteiger partial charge in [0.05, 0.1) is 0 Å². The predicted octanol–water partition coefficient (Wildman–Crippen LogP) is 1.77. The van der Waals surface area contributed by atoms with E-state index in [0.29, 0.717) is 11.6 Å². The molecule has 1 saturated heterocycles. The highest BCUT2D eigenvalue weighted by molar-refractivity contribution is 5.26. The van der Waals surface area contributed by atoms with E-state index in [4.69, 9.17) is 5.73 Å². The number of hydrogen-bond donors (Lipinski definition) is 1. The second-order valence-electron chi connectivity index (χ2n) is 5.76. The molecule has 2 unspecified atom stereocenters. The molecule has 0 radical (unpaired) electrons. The molecule has 4 heteroatoms. The molecule has 0 aromatic heterocycles. The summed E-state index contributed by atoms with van der Waals surface area (Å²) in [6, 6.07) is 5.33. The molecule has 1 aromatic carbocycles. The van der Waals surface area contributed by atoms with Crippen molar-refractivity contribution in [2.45, 2.75) is 25.4 Å². The molecule has 0 spiro atoms. The molecule has 106 valence electrons. The summed E-state index contributed by atoms with van der Waals surface area (Å²) in [7, 11) is 4.25. The minimum Gasteiger partial charge on any atom is -0.324 e. The van der Waals surface area contributed by atoms with Gasteiger partial charge in [0.1, 0.15) is 5.82 Å². The molecular weight excluding hydrogens is 241 g/mol. The second-order valence-corrected chi connectivity index (χ2v) is 5.76. The fourth-order valence-electron chi connectivity index (χ4n) is 2.72. The van der Waals surface area contributed by atoms with Crippen LogP contribution in [0.5, 0.6) is 0 Å². The van der Waals surface area contributed by atoms with Crippen LogP contribution in [0.25, 0.3) is 0 Å². The average Bonchev–Trinajstić information content (AvgIpc) is 2.36. The average molecular weight is 265 g/mol. The van der Waals surface area contributed by atoms with Crippen molar-refractivity contribution in [2.24, 2.45) is 5.73 Å². The molecule has 2 atom stereocenters. The Labute approximate surface area is 115 Å². The SMILES string of the molecule is Cc1ccc(F)c(C(N)CC2CN(C)CCN2C)c1. The Kier molecular flexibility index (Phi) is 4.55. The number of nitrogens with zero attached hydrogens (tertiary/aromatic N) is 2. The number of rotatable bonds is 3. The van der Waals surface area contributed by atoms with E-state index in [1.54, 1.807) is 6.07 Å². The van der Waals surface area contributed by atoms with Crippen molar-refractivity contribution in [1.82, 2.24) is 9.80 Å². The summed E-state index contributed by atoms with van der Waals surface area (Å²) >= 11 is 0. The van der Waals surface area contributed by atoms with Crippen LogP contribution in [0.15, 0.2) is 18.2 Å². The van der Waals surface area contributed by atoms with Crippen molar-refractivity contribution in [3.63, 3.8) is 0 Å². The van der Waals surface area contributed by atoms with Gasteiger partial charge in [0, 0.05) is 37.3 Å². The van der Waals surface area contributed by atoms with Gasteiger partial charge in [0.15, 0.2) is 0 Å². The van der Waals surface area contributed by atoms with E-state index in [0.717, 1.165) is 31.6 Å². The highest BCUT2D eigenvalue weighted by atomic mass is 19.1. The Morgan fingerprint density at radius 3 is 2.84 bits per heavy atom. The first-order valence-electron chi connectivity index (χ1n) is 6.88. The van der Waals surface area contributed by atoms with E-state index in [1.165, 1.54) is 6.07 Å². The summed E-state index contributed by atoms with van der Waals surface area (Å²) in [5, 5.41) is 0. The molecule has 1 aliphatic heterocycles. The number of piperazine rings is 1. The maximum atomic E-state index is 13.8. The van der Waals surface area contributed by atoms with Gasteiger partial charge in [-0.15, -0.1) is 0 Å². The lowest BCUT2D eigenvalue weighted by Gasteiger charge is -2.38. The fraction of sp³-hybridized carbons (Fsp3) is 0.600. The molecule has 1 aromatic rings. The summed E-state index contributed by atoms with van der Waals surface area (Å²) < 4.78 is 13.8. The zero-order valence-corrected chi connectivity index (χ0v) is 12.1. The molecule has 2 rings (SSSR count). The molecule has 1 heterocycles. The minimum absolute atomic E-state index is 0.190. The van der Waals surface area contributed by atoms with Crippen LogP contribution in [0, 0.1) is 12.7 Å². The van der Waals surface area contributed by atoms with E-state index in [1.807, 2.05) is 13.0 Å². The van der Waals surface area contributed by atoms with Crippen molar-refractivity contribution >= 4 is 0 Å². The van der Waals surface area contributed by atoms with Crippen LogP contribution >= 0.6 is 0 Å². The predicted molar refractivity (Wildman–Crippen MR) is 76.6 cm³/mol. The zero-order valence-electron chi connectivity index (χ0n) is 12.1. The van der Waals surface area contributed by atoms with Crippen LogP contribution in [-0.2, 0) is 0 Å². The van der Waals surface area contributed by atoms with Gasteiger partial charge in [0.25, 0.3) is 0 Å². The molecule has 0 saturated carbocycles. The van der Waals surface area contributed by atoms with Gasteiger partial charge in [0.2, 0.25) is 0 Å². The largest absolute Gasteiger partial charge is 0.324 e. The Morgan fingerprint density at radius 1 is 1.37 bits per heavy atom. The van der Waals surface area contributed by atoms with E-state index < -0.39 is 0 Å². The third-order valence-electron chi connectivity index (χ3n) is 4.06. The van der Waals surface area contributed by atoms with E-state index in [-0.39, 0.29) is 11.9 Å². The molecule has 2 N–H and O–H groups in total. The second kappa shape index (κ2) is 5.99. The van der Waals surface area contributed by atoms with Crippen molar-refractivity contribution < 1.29 is 4.39 Å². The number of hydrogen-bond acceptors (Lipinski definition) is 3. The molecule has 19 heavy (non-hydrogen) atoms. The highest BCUT2D eigenvalue weighted by Gasteiger charge is 2.25. The Balaban J connectivity index is 2.07. The van der Waals surface area contributed by atoms with Crippen LogP contribution in [0.4, 0.5) is 4.39 Å². The summed E-state index contributed by atoms with van der Waals surface area (Å²) in [6.07, 6.45) is 0.793. The maximum Gasteiger partial charge on any atom is 0.127 e. The maximum absolute atomic E-state index is 13.8. The number of benzene rings is 1. The Bertz CT molecular complexity index is 435. The van der Waals surface area contributed by atoms with Crippen LogP contribution in [-0.4, -0.2) is 49.6 Å². The summed E-state index contributed by atoms with van der Waals surface area (Å²) in [5.41, 5.74) is 7.91. The van der Waals surface area contributed by atoms with E-state index >= 15 is 0 Å². The summed E-state index contributed by atoms with van der Waals surface area (Å²) in [6.45, 7) is 5.10. The fourth-order valence-corrected chi connectivity index (χ4v) is 2.72. The molecule has 0 bridgehead atoms. The lowest BCUT2D eigenvalue weighted by atomic mass is 9.96. The summed E-state index contributed by atoms with van der Waals surface area (Å²) in [5.74, 6) is -0.190. The van der Waals surface area contributed by atoms with Gasteiger partial charge in [-0.2, -0.15) is 0 Å². The molecule has 1 aliphatic rings. The van der Waals surface area contributed by atoms with E-state index in [9.17, 15) is 4.39 Å². The third kappa shape index (κ3) is 3.53. The van der Waals surface area contributed by atoms with Gasteiger partial charge in [-0.1, -0.05) is 17.7 Å². The normalized spacial score (nSPS) is 23.5. The standard InChI is InChI=1S/C15H24FN3/c1-11-4-5-14(16)13(8-11)15(17)9-12-10-18(2)6-7-19(12)3/h4-5,8,12,15H,6-7,9-10,17H2,1-3H3. The molecule has 3 nitrogen and oxygen atoms in total. The number of nitrogens with two attached hydrogens (primary N) is 1. The first-order valence-corrected chi connectivity index (χ1v) is 6.88. The van der Waals surface area contributed by atoms with Gasteiger partial charge >= 0.3 is 0 Å². The number of halogens is 1. The Hall–Kier alpha value is -0.970. The number of likely N-dealkylation sites (N-methyl/N-ethyl adjacent to an activating group) is 2. The smallest absolute Gasteiger partial charge is 0.127 e. The van der Waals surface area contributed by atoms with Crippen molar-refractivity contribution in [3.8, 4) is 0 Å². The summed E-state index contributed by atoms with van der Waals surface area (Å²) in [4.78, 5) is 4.64. The monoisotopic (exact) mass is 265 g/mol. The highest BCUT2D eigenvalue weighted by Crippen LogP contribution is 2.23. The lowest BCUT2D eigenvalue weighted by Crippen LogP contribution is -2.50. The van der Waals surface area contributed by atoms with Crippen molar-refractivity contribution in [2.75, 3.05) is 33.7 Å². The Morgan fingerprint density at radius 2 is 2.11 bits per heavy atom. The number of aryl methyl sites for hydroxylation is 1. The van der Waals surface area contributed by atoms with Gasteiger partial charge in [-0.3, -0.25) is 0 Å². The van der Waals surface area contributed by atoms with Crippen molar-refractivity contribution in [1.29, 1.82) is 0 Å². The first-order chi connectivity index (χ1) is 8.97. The first kappa shape index (κ1) is 14.4. The van der Waals surface area contributed by atoms with Crippen LogP contribution in [0.2, 0.25) is 0 Å². The van der Waals surface area contributed by atoms with Crippen LogP contribution < -0.4 is 5.73 Å². The zero-order chi connectivity index (χ0) is 14.0. The van der Waals surface area contributed by atoms with Crippen molar-refractivity contribution in [3.05, 3.63) is 35.1 Å². The topological polar surface area (TPSA) is 32.5 Å². The van der Waals surface area contributed by atoms with Gasteiger partial charge in [-0.05, 0) is 33.5 Å². The quantitative estimate of drug-likeness (QED) is 0.904. The molecule has 1 fully saturated rings. The van der Waals surface area contributed by atoms with Crippen LogP contribution in [0.3, 0.4) is 0 Å². The molecular formula is C15H24FN3. The van der Waals surface area contributed by atoms with Crippen LogP contribution in [0.1, 0.15) is 23.6 Å². The lowest BCUT2D eigenvalue weighted by molar-refractivity contribution is 0.104. The third-order valence-corrected chi connectivity index (χ3v) is 4.06. The minimum atomic E-state index is -0.237. The molecule has 0 aliphatic carbocycles. The van der Waals surface area contributed by atoms with Gasteiger partial charge < -0.3 is 15.5 Å². The molecule has 0 amide bonds. The van der Waals surface area contributed by atoms with Gasteiger partial charge in [-0.25, -0.2) is 4.39 Å².